The average Bonchev–Trinajstić information content (AvgIpc) is 3.43. The normalized spacial score (nSPS) is 23.7. The molecule has 4 heterocycles. The van der Waals surface area contributed by atoms with Gasteiger partial charge in [0.15, 0.2) is 0 Å². The molecule has 1 atom stereocenters. The highest BCUT2D eigenvalue weighted by atomic mass is 32.1. The van der Waals surface area contributed by atoms with Gasteiger partial charge in [-0.3, -0.25) is 14.6 Å². The molecule has 2 fully saturated rings. The van der Waals surface area contributed by atoms with Gasteiger partial charge in [0.25, 0.3) is 5.91 Å². The van der Waals surface area contributed by atoms with Gasteiger partial charge >= 0.3 is 6.03 Å². The molecule has 0 bridgehead atoms. The highest BCUT2D eigenvalue weighted by Crippen LogP contribution is 2.36. The van der Waals surface area contributed by atoms with E-state index in [4.69, 9.17) is 0 Å². The van der Waals surface area contributed by atoms with Gasteiger partial charge in [0.2, 0.25) is 0 Å². The zero-order chi connectivity index (χ0) is 20.4. The van der Waals surface area contributed by atoms with Crippen LogP contribution in [0.4, 0.5) is 4.79 Å². The zero-order valence-corrected chi connectivity index (χ0v) is 18.7. The van der Waals surface area contributed by atoms with Crippen molar-refractivity contribution in [1.29, 1.82) is 0 Å². The molecule has 2 aromatic rings. The lowest BCUT2D eigenvalue weighted by molar-refractivity contribution is -0.134. The van der Waals surface area contributed by atoms with E-state index in [9.17, 15) is 9.59 Å². The van der Waals surface area contributed by atoms with Gasteiger partial charge < -0.3 is 5.32 Å². The molecule has 3 amide bonds. The summed E-state index contributed by atoms with van der Waals surface area (Å²) in [7, 11) is 0. The third-order valence-corrected chi connectivity index (χ3v) is 8.16. The van der Waals surface area contributed by atoms with E-state index in [0.717, 1.165) is 43.0 Å². The molecule has 2 saturated heterocycles. The van der Waals surface area contributed by atoms with Crippen molar-refractivity contribution >= 4 is 34.6 Å². The Morgan fingerprint density at radius 2 is 2.10 bits per heavy atom. The predicted octanol–water partition coefficient (Wildman–Crippen LogP) is 3.67. The van der Waals surface area contributed by atoms with E-state index in [1.807, 2.05) is 19.4 Å². The molecule has 2 aliphatic rings. The summed E-state index contributed by atoms with van der Waals surface area (Å²) in [6, 6.07) is 1.94. The lowest BCUT2D eigenvalue weighted by atomic mass is 9.75. The second-order valence-electron chi connectivity index (χ2n) is 8.00. The maximum Gasteiger partial charge on any atom is 0.325 e. The van der Waals surface area contributed by atoms with Gasteiger partial charge in [-0.15, -0.1) is 11.3 Å². The number of imide groups is 1. The number of amides is 3. The number of likely N-dealkylation sites (tertiary alicyclic amines) is 1. The number of aromatic nitrogens is 1. The minimum absolute atomic E-state index is 0.0385. The molecule has 156 valence electrons. The largest absolute Gasteiger partial charge is 0.325 e. The molecule has 8 heteroatoms. The number of rotatable bonds is 7. The Bertz CT molecular complexity index is 858. The summed E-state index contributed by atoms with van der Waals surface area (Å²) in [5.41, 5.74) is 3.42. The molecule has 0 spiro atoms. The van der Waals surface area contributed by atoms with Crippen molar-refractivity contribution in [2.45, 2.75) is 51.6 Å². The molecule has 2 aromatic heterocycles. The van der Waals surface area contributed by atoms with E-state index in [0.29, 0.717) is 19.4 Å². The molecule has 0 saturated carbocycles. The number of piperidine rings is 1. The van der Waals surface area contributed by atoms with E-state index in [-0.39, 0.29) is 17.9 Å². The van der Waals surface area contributed by atoms with Gasteiger partial charge in [0, 0.05) is 24.4 Å². The Morgan fingerprint density at radius 3 is 2.72 bits per heavy atom. The first-order chi connectivity index (χ1) is 14.0. The molecular weight excluding hydrogens is 404 g/mol. The highest BCUT2D eigenvalue weighted by Gasteiger charge is 2.54. The minimum atomic E-state index is -0.742. The van der Waals surface area contributed by atoms with Crippen molar-refractivity contribution in [3.05, 3.63) is 38.5 Å². The van der Waals surface area contributed by atoms with Gasteiger partial charge in [-0.25, -0.2) is 9.78 Å². The Hall–Kier alpha value is -1.77. The van der Waals surface area contributed by atoms with Crippen molar-refractivity contribution in [2.24, 2.45) is 5.92 Å². The monoisotopic (exact) mass is 432 g/mol. The maximum atomic E-state index is 13.4. The minimum Gasteiger partial charge on any atom is -0.323 e. The van der Waals surface area contributed by atoms with Crippen LogP contribution in [-0.4, -0.2) is 51.9 Å². The van der Waals surface area contributed by atoms with Gasteiger partial charge in [-0.2, -0.15) is 11.3 Å². The first-order valence-electron chi connectivity index (χ1n) is 10.3. The average molecular weight is 433 g/mol. The number of nitrogens with zero attached hydrogens (tertiary/aromatic N) is 3. The van der Waals surface area contributed by atoms with Crippen molar-refractivity contribution in [3.63, 3.8) is 0 Å². The molecule has 4 rings (SSSR count). The van der Waals surface area contributed by atoms with Gasteiger partial charge in [-0.05, 0) is 67.6 Å². The lowest BCUT2D eigenvalue weighted by Crippen LogP contribution is -2.55. The number of urea groups is 1. The first-order valence-corrected chi connectivity index (χ1v) is 12.1. The number of carbonyl (C=O) groups is 2. The molecular formula is C21H28N4O2S2. The topological polar surface area (TPSA) is 65.5 Å². The number of aryl methyl sites for hydroxylation is 1. The van der Waals surface area contributed by atoms with Crippen LogP contribution < -0.4 is 5.32 Å². The molecule has 0 unspecified atom stereocenters. The molecule has 6 nitrogen and oxygen atoms in total. The van der Waals surface area contributed by atoms with Crippen molar-refractivity contribution in [1.82, 2.24) is 20.1 Å². The van der Waals surface area contributed by atoms with Crippen LogP contribution in [0, 0.1) is 12.8 Å². The van der Waals surface area contributed by atoms with Gasteiger partial charge in [0.1, 0.15) is 5.54 Å². The van der Waals surface area contributed by atoms with E-state index >= 15 is 0 Å². The zero-order valence-electron chi connectivity index (χ0n) is 17.0. The Morgan fingerprint density at radius 1 is 1.31 bits per heavy atom. The Labute approximate surface area is 179 Å². The Kier molecular flexibility index (Phi) is 6.03. The summed E-state index contributed by atoms with van der Waals surface area (Å²) in [5, 5.41) is 7.41. The van der Waals surface area contributed by atoms with Crippen LogP contribution in [0.1, 0.15) is 42.3 Å². The smallest absolute Gasteiger partial charge is 0.323 e. The van der Waals surface area contributed by atoms with Crippen LogP contribution in [0.5, 0.6) is 0 Å². The molecule has 0 aromatic carbocycles. The second-order valence-corrected chi connectivity index (χ2v) is 9.72. The third-order valence-electron chi connectivity index (χ3n) is 6.44. The summed E-state index contributed by atoms with van der Waals surface area (Å²) in [6.07, 6.45) is 3.19. The molecule has 0 radical (unpaired) electrons. The van der Waals surface area contributed by atoms with Gasteiger partial charge in [-0.1, -0.05) is 6.92 Å². The summed E-state index contributed by atoms with van der Waals surface area (Å²) in [5.74, 6) is 0.154. The molecule has 29 heavy (non-hydrogen) atoms. The third kappa shape index (κ3) is 3.98. The highest BCUT2D eigenvalue weighted by molar-refractivity contribution is 7.09. The summed E-state index contributed by atoms with van der Waals surface area (Å²) < 4.78 is 0. The number of thiazole rings is 1. The quantitative estimate of drug-likeness (QED) is 0.678. The Balaban J connectivity index is 1.40. The van der Waals surface area contributed by atoms with Crippen LogP contribution in [-0.2, 0) is 17.8 Å². The standard InChI is InChI=1S/C21H28N4O2S2/c1-3-21(17-4-8-24(9-5-17)12-16-7-11-28-13-16)19(26)25(20(27)23-21)10-6-18-15(2)22-14-29-18/h7,11,13-14,17H,3-6,8-10,12H2,1-2H3,(H,23,27)/t21-/m0/s1. The van der Waals surface area contributed by atoms with E-state index in [2.05, 4.69) is 32.0 Å². The number of carbonyl (C=O) groups excluding carboxylic acids is 2. The second kappa shape index (κ2) is 8.53. The van der Waals surface area contributed by atoms with Crippen LogP contribution in [0.3, 0.4) is 0 Å². The van der Waals surface area contributed by atoms with Crippen molar-refractivity contribution in [2.75, 3.05) is 19.6 Å². The van der Waals surface area contributed by atoms with E-state index in [1.165, 1.54) is 10.5 Å². The predicted molar refractivity (Wildman–Crippen MR) is 116 cm³/mol. The maximum absolute atomic E-state index is 13.4. The SMILES string of the molecule is CC[C@@]1(C2CCN(Cc3ccsc3)CC2)NC(=O)N(CCc2scnc2C)C1=O. The van der Waals surface area contributed by atoms with E-state index in [1.54, 1.807) is 22.7 Å². The van der Waals surface area contributed by atoms with Crippen molar-refractivity contribution in [3.8, 4) is 0 Å². The van der Waals surface area contributed by atoms with Crippen LogP contribution in [0.25, 0.3) is 0 Å². The number of hydrogen-bond donors (Lipinski definition) is 1. The fourth-order valence-electron chi connectivity index (χ4n) is 4.66. The molecule has 1 N–H and O–H groups in total. The first kappa shape index (κ1) is 20.5. The summed E-state index contributed by atoms with van der Waals surface area (Å²) in [4.78, 5) is 35.3. The van der Waals surface area contributed by atoms with E-state index < -0.39 is 5.54 Å². The van der Waals surface area contributed by atoms with Gasteiger partial charge in [0.05, 0.1) is 11.2 Å². The number of thiophene rings is 1. The lowest BCUT2D eigenvalue weighted by Gasteiger charge is -2.40. The summed E-state index contributed by atoms with van der Waals surface area (Å²) >= 11 is 3.31. The van der Waals surface area contributed by atoms with Crippen molar-refractivity contribution < 1.29 is 9.59 Å². The molecule has 2 aliphatic heterocycles. The number of hydrogen-bond acceptors (Lipinski definition) is 6. The van der Waals surface area contributed by atoms with Crippen LogP contribution in [0.2, 0.25) is 0 Å². The van der Waals surface area contributed by atoms with Crippen LogP contribution in [0.15, 0.2) is 22.3 Å². The number of nitrogens with one attached hydrogen (secondary N) is 1. The molecule has 0 aliphatic carbocycles. The fourth-order valence-corrected chi connectivity index (χ4v) is 6.09. The summed E-state index contributed by atoms with van der Waals surface area (Å²) in [6.45, 7) is 7.31. The fraction of sp³-hybridized carbons (Fsp3) is 0.571. The van der Waals surface area contributed by atoms with Crippen LogP contribution >= 0.6 is 22.7 Å².